The summed E-state index contributed by atoms with van der Waals surface area (Å²) in [4.78, 5) is 0. The molecule has 0 heterocycles. The van der Waals surface area contributed by atoms with Crippen molar-refractivity contribution in [2.75, 3.05) is 0 Å². The second-order valence-electron chi connectivity index (χ2n) is 3.20. The molecule has 2 aromatic carbocycles. The van der Waals surface area contributed by atoms with Gasteiger partial charge in [-0.3, -0.25) is 0 Å². The Morgan fingerprint density at radius 3 is 1.50 bits per heavy atom. The van der Waals surface area contributed by atoms with Crippen LogP contribution in [0.25, 0.3) is 10.8 Å². The Labute approximate surface area is 97.3 Å². The molecule has 0 saturated carbocycles. The summed E-state index contributed by atoms with van der Waals surface area (Å²) in [5.41, 5.74) is 0. The Morgan fingerprint density at radius 1 is 0.714 bits per heavy atom. The number of hydrogen-bond donors (Lipinski definition) is 0. The highest BCUT2D eigenvalue weighted by Crippen LogP contribution is 2.09. The van der Waals surface area contributed by atoms with Gasteiger partial charge in [0.15, 0.2) is 17.7 Å². The summed E-state index contributed by atoms with van der Waals surface area (Å²) in [5.74, 6) is 0. The van der Waals surface area contributed by atoms with Gasteiger partial charge < -0.3 is 0 Å². The molecule has 0 nitrogen and oxygen atoms in total. The van der Waals surface area contributed by atoms with E-state index in [1.54, 1.807) is 0 Å². The first-order chi connectivity index (χ1) is 6.86. The van der Waals surface area contributed by atoms with E-state index in [9.17, 15) is 0 Å². The molecule has 4 heteroatoms. The number of halogens is 2. The zero-order chi connectivity index (χ0) is 9.97. The minimum absolute atomic E-state index is 0.610. The van der Waals surface area contributed by atoms with Crippen LogP contribution in [-0.4, -0.2) is 17.7 Å². The molecule has 0 N–H and O–H groups in total. The molecule has 0 spiro atoms. The average Bonchev–Trinajstić information content (AvgIpc) is 2.27. The van der Waals surface area contributed by atoms with Gasteiger partial charge in [-0.2, -0.15) is 22.2 Å². The molecule has 0 aliphatic rings. The van der Waals surface area contributed by atoms with E-state index in [1.807, 2.05) is 0 Å². The van der Waals surface area contributed by atoms with Gasteiger partial charge in [-0.15, -0.1) is 0 Å². The maximum atomic E-state index is 6.02. The fourth-order valence-corrected chi connectivity index (χ4v) is 4.37. The first kappa shape index (κ1) is 10.2. The Bertz CT molecular complexity index is 414. The van der Waals surface area contributed by atoms with Crippen LogP contribution in [0.4, 0.5) is 0 Å². The van der Waals surface area contributed by atoms with Gasteiger partial charge in [-0.05, 0) is 21.1 Å². The fraction of sp³-hybridized carbons (Fsp3) is 0. The fourth-order valence-electron chi connectivity index (χ4n) is 1.66. The smallest absolute Gasteiger partial charge is 0.156 e. The van der Waals surface area contributed by atoms with Gasteiger partial charge >= 0.3 is 0 Å². The van der Waals surface area contributed by atoms with Crippen LogP contribution in [0.3, 0.4) is 0 Å². The lowest BCUT2D eigenvalue weighted by molar-refractivity contribution is 1.81. The molecule has 0 saturated heterocycles. The molecule has 0 bridgehead atoms. The van der Waals surface area contributed by atoms with E-state index in [0.29, 0.717) is 0 Å². The van der Waals surface area contributed by atoms with Crippen molar-refractivity contribution in [1.29, 1.82) is 0 Å². The Kier molecular flexibility index (Phi) is 3.28. The maximum Gasteiger partial charge on any atom is 0.156 e. The lowest BCUT2D eigenvalue weighted by Gasteiger charge is -2.06. The molecule has 0 amide bonds. The highest BCUT2D eigenvalue weighted by atomic mass is 35.6. The summed E-state index contributed by atoms with van der Waals surface area (Å²) < 4.78 is 0. The molecule has 2 rings (SSSR count). The summed E-state index contributed by atoms with van der Waals surface area (Å²) >= 11 is 12.0. The predicted molar refractivity (Wildman–Crippen MR) is 72.0 cm³/mol. The molecule has 72 valence electrons. The zero-order valence-corrected chi connectivity index (χ0v) is 12.0. The monoisotopic (exact) mass is 256 g/mol. The van der Waals surface area contributed by atoms with Gasteiger partial charge in [0, 0.05) is 0 Å². The van der Waals surface area contributed by atoms with E-state index in [1.165, 1.54) is 21.1 Å². The van der Waals surface area contributed by atoms with Gasteiger partial charge in [0.1, 0.15) is 0 Å². The van der Waals surface area contributed by atoms with Crippen molar-refractivity contribution in [3.05, 3.63) is 36.4 Å². The zero-order valence-electron chi connectivity index (χ0n) is 7.63. The van der Waals surface area contributed by atoms with E-state index in [4.69, 9.17) is 22.2 Å². The van der Waals surface area contributed by atoms with Crippen molar-refractivity contribution in [2.45, 2.75) is 0 Å². The van der Waals surface area contributed by atoms with Crippen molar-refractivity contribution >= 4 is 61.0 Å². The molecule has 0 fully saturated rings. The third-order valence-electron chi connectivity index (χ3n) is 2.39. The van der Waals surface area contributed by atoms with E-state index in [2.05, 4.69) is 36.4 Å². The quantitative estimate of drug-likeness (QED) is 0.550. The van der Waals surface area contributed by atoms with Gasteiger partial charge in [0.2, 0.25) is 0 Å². The Balaban J connectivity index is 2.78. The van der Waals surface area contributed by atoms with Crippen LogP contribution in [0.15, 0.2) is 36.4 Å². The van der Waals surface area contributed by atoms with Gasteiger partial charge in [-0.25, -0.2) is 0 Å². The topological polar surface area (TPSA) is 0 Å². The van der Waals surface area contributed by atoms with Crippen LogP contribution >= 0.6 is 22.2 Å². The Hall–Kier alpha value is -0.286. The first-order valence-electron chi connectivity index (χ1n) is 4.48. The van der Waals surface area contributed by atoms with Crippen LogP contribution in [0.1, 0.15) is 0 Å². The first-order valence-corrected chi connectivity index (χ1v) is 10.2. The van der Waals surface area contributed by atoms with Crippen LogP contribution in [0.5, 0.6) is 0 Å². The van der Waals surface area contributed by atoms with Crippen LogP contribution in [0.2, 0.25) is 0 Å². The van der Waals surface area contributed by atoms with E-state index in [0.717, 1.165) is 0 Å². The molecular formula is C10H10Cl2Si2. The molecule has 0 unspecified atom stereocenters. The highest BCUT2D eigenvalue weighted by Gasteiger charge is 2.03. The molecular weight excluding hydrogens is 247 g/mol. The lowest BCUT2D eigenvalue weighted by Crippen LogP contribution is -2.18. The predicted octanol–water partition coefficient (Wildman–Crippen LogP) is 0.736. The van der Waals surface area contributed by atoms with Gasteiger partial charge in [-0.1, -0.05) is 36.4 Å². The lowest BCUT2D eigenvalue weighted by atomic mass is 10.1. The van der Waals surface area contributed by atoms with E-state index < -0.39 is 17.7 Å². The SMILES string of the molecule is Cl[SiH2]c1ccc([SiH2]Cl)c2ccccc12. The number of benzene rings is 2. The van der Waals surface area contributed by atoms with Crippen molar-refractivity contribution in [1.82, 2.24) is 0 Å². The highest BCUT2D eigenvalue weighted by molar-refractivity contribution is 7.03. The third kappa shape index (κ3) is 1.75. The van der Waals surface area contributed by atoms with Crippen LogP contribution in [-0.2, 0) is 0 Å². The number of rotatable bonds is 2. The molecule has 0 aromatic heterocycles. The maximum absolute atomic E-state index is 6.02. The molecule has 0 radical (unpaired) electrons. The van der Waals surface area contributed by atoms with E-state index >= 15 is 0 Å². The number of fused-ring (bicyclic) bond motifs is 1. The summed E-state index contributed by atoms with van der Waals surface area (Å²) in [5, 5.41) is 5.26. The molecule has 0 aliphatic heterocycles. The minimum atomic E-state index is -0.610. The van der Waals surface area contributed by atoms with Crippen LogP contribution in [0, 0.1) is 0 Å². The van der Waals surface area contributed by atoms with Gasteiger partial charge in [0.25, 0.3) is 0 Å². The summed E-state index contributed by atoms with van der Waals surface area (Å²) in [7, 11) is -1.22. The van der Waals surface area contributed by atoms with E-state index in [-0.39, 0.29) is 0 Å². The van der Waals surface area contributed by atoms with Crippen molar-refractivity contribution in [3.8, 4) is 0 Å². The average molecular weight is 257 g/mol. The van der Waals surface area contributed by atoms with Crippen molar-refractivity contribution in [3.63, 3.8) is 0 Å². The number of hydrogen-bond acceptors (Lipinski definition) is 0. The van der Waals surface area contributed by atoms with Crippen molar-refractivity contribution < 1.29 is 0 Å². The van der Waals surface area contributed by atoms with Crippen LogP contribution < -0.4 is 10.4 Å². The van der Waals surface area contributed by atoms with Gasteiger partial charge in [0.05, 0.1) is 0 Å². The second kappa shape index (κ2) is 4.49. The summed E-state index contributed by atoms with van der Waals surface area (Å²) in [6.07, 6.45) is 0. The Morgan fingerprint density at radius 2 is 1.14 bits per heavy atom. The second-order valence-corrected chi connectivity index (χ2v) is 6.86. The minimum Gasteiger partial charge on any atom is -0.170 e. The van der Waals surface area contributed by atoms with Crippen molar-refractivity contribution in [2.24, 2.45) is 0 Å². The largest absolute Gasteiger partial charge is 0.170 e. The normalized spacial score (nSPS) is 12.4. The molecule has 0 aliphatic carbocycles. The summed E-state index contributed by atoms with van der Waals surface area (Å²) in [6, 6.07) is 12.7. The third-order valence-corrected chi connectivity index (χ3v) is 5.93. The molecule has 2 aromatic rings. The standard InChI is InChI=1S/C10H10Cl2Si2/c11-13-9-5-6-10(14-12)8-4-2-1-3-7(8)9/h1-6H,13-14H2. The summed E-state index contributed by atoms with van der Waals surface area (Å²) in [6.45, 7) is 0. The molecule has 0 atom stereocenters. The molecule has 14 heavy (non-hydrogen) atoms.